The fourth-order valence-corrected chi connectivity index (χ4v) is 3.52. The number of amides is 2. The summed E-state index contributed by atoms with van der Waals surface area (Å²) in [5, 5.41) is 3.00. The lowest BCUT2D eigenvalue weighted by molar-refractivity contribution is -0.134. The van der Waals surface area contributed by atoms with E-state index in [0.29, 0.717) is 32.7 Å². The summed E-state index contributed by atoms with van der Waals surface area (Å²) in [6, 6.07) is 13.0. The molecule has 6 nitrogen and oxygen atoms in total. The van der Waals surface area contributed by atoms with Gasteiger partial charge in [-0.15, -0.1) is 0 Å². The molecular weight excluding hydrogens is 364 g/mol. The maximum atomic E-state index is 12.7. The van der Waals surface area contributed by atoms with Gasteiger partial charge in [-0.2, -0.15) is 0 Å². The predicted molar refractivity (Wildman–Crippen MR) is 116 cm³/mol. The number of carbonyl (C=O) groups is 2. The largest absolute Gasteiger partial charge is 0.338 e. The zero-order valence-electron chi connectivity index (χ0n) is 17.4. The monoisotopic (exact) mass is 394 g/mol. The third-order valence-corrected chi connectivity index (χ3v) is 5.63. The molecule has 1 aliphatic rings. The minimum atomic E-state index is -0.644. The molecule has 0 saturated carbocycles. The number of nitrogens with zero attached hydrogens (tertiary/aromatic N) is 2. The molecule has 0 spiro atoms. The molecule has 1 unspecified atom stereocenters. The van der Waals surface area contributed by atoms with Crippen LogP contribution in [0, 0.1) is 20.8 Å². The van der Waals surface area contributed by atoms with Crippen molar-refractivity contribution in [2.24, 2.45) is 5.73 Å². The van der Waals surface area contributed by atoms with E-state index in [2.05, 4.69) is 10.2 Å². The van der Waals surface area contributed by atoms with E-state index >= 15 is 0 Å². The molecule has 2 aromatic carbocycles. The Kier molecular flexibility index (Phi) is 6.67. The Labute approximate surface area is 172 Å². The highest BCUT2D eigenvalue weighted by Crippen LogP contribution is 2.18. The van der Waals surface area contributed by atoms with Crippen molar-refractivity contribution in [2.75, 3.05) is 38.0 Å². The van der Waals surface area contributed by atoms with Gasteiger partial charge in [0.25, 0.3) is 0 Å². The molecule has 0 aliphatic carbocycles. The minimum Gasteiger partial charge on any atom is -0.338 e. The van der Waals surface area contributed by atoms with Crippen LogP contribution in [0.4, 0.5) is 5.69 Å². The van der Waals surface area contributed by atoms with Crippen molar-refractivity contribution in [3.8, 4) is 0 Å². The van der Waals surface area contributed by atoms with E-state index in [-0.39, 0.29) is 11.8 Å². The van der Waals surface area contributed by atoms with E-state index in [1.54, 1.807) is 4.90 Å². The van der Waals surface area contributed by atoms with E-state index in [9.17, 15) is 9.59 Å². The van der Waals surface area contributed by atoms with E-state index in [1.165, 1.54) is 0 Å². The average Bonchev–Trinajstić information content (AvgIpc) is 2.71. The smallest absolute Gasteiger partial charge is 0.244 e. The van der Waals surface area contributed by atoms with Crippen LogP contribution in [0.15, 0.2) is 42.5 Å². The van der Waals surface area contributed by atoms with Gasteiger partial charge in [0.2, 0.25) is 11.8 Å². The van der Waals surface area contributed by atoms with Gasteiger partial charge in [-0.3, -0.25) is 14.5 Å². The van der Waals surface area contributed by atoms with E-state index in [4.69, 9.17) is 5.73 Å². The van der Waals surface area contributed by atoms with Gasteiger partial charge in [-0.1, -0.05) is 42.0 Å². The molecule has 29 heavy (non-hydrogen) atoms. The number of hydrogen-bond acceptors (Lipinski definition) is 4. The Balaban J connectivity index is 1.49. The Bertz CT molecular complexity index is 871. The van der Waals surface area contributed by atoms with Crippen molar-refractivity contribution < 1.29 is 9.59 Å². The summed E-state index contributed by atoms with van der Waals surface area (Å²) >= 11 is 0. The molecule has 1 saturated heterocycles. The van der Waals surface area contributed by atoms with Crippen LogP contribution in [-0.4, -0.2) is 54.3 Å². The van der Waals surface area contributed by atoms with E-state index < -0.39 is 6.04 Å². The molecule has 1 atom stereocenters. The number of anilines is 1. The van der Waals surface area contributed by atoms with Crippen LogP contribution in [-0.2, 0) is 9.59 Å². The summed E-state index contributed by atoms with van der Waals surface area (Å²) in [7, 11) is 0. The second-order valence-corrected chi connectivity index (χ2v) is 7.79. The fourth-order valence-electron chi connectivity index (χ4n) is 3.52. The Morgan fingerprint density at radius 3 is 2.31 bits per heavy atom. The van der Waals surface area contributed by atoms with Crippen LogP contribution in [0.1, 0.15) is 28.3 Å². The van der Waals surface area contributed by atoms with Crippen LogP contribution in [0.5, 0.6) is 0 Å². The summed E-state index contributed by atoms with van der Waals surface area (Å²) in [6.07, 6.45) is 0. The van der Waals surface area contributed by atoms with Gasteiger partial charge in [0.15, 0.2) is 0 Å². The number of carbonyl (C=O) groups excluding carboxylic acids is 2. The normalized spacial score (nSPS) is 15.8. The first kappa shape index (κ1) is 21.0. The topological polar surface area (TPSA) is 78.7 Å². The first-order chi connectivity index (χ1) is 13.8. The molecule has 2 aromatic rings. The van der Waals surface area contributed by atoms with Crippen molar-refractivity contribution in [2.45, 2.75) is 26.8 Å². The molecule has 1 aliphatic heterocycles. The standard InChI is InChI=1S/C23H30N4O2/c1-16-7-9-19(10-8-16)22(24)23(29)27-13-11-26(12-14-27)15-21(28)25-20-6-4-5-17(2)18(20)3/h4-10,22H,11-15,24H2,1-3H3,(H,25,28). The Hall–Kier alpha value is -2.70. The third-order valence-electron chi connectivity index (χ3n) is 5.63. The van der Waals surface area contributed by atoms with Crippen molar-refractivity contribution in [3.05, 3.63) is 64.7 Å². The zero-order chi connectivity index (χ0) is 21.0. The molecule has 6 heteroatoms. The third kappa shape index (κ3) is 5.22. The number of rotatable bonds is 5. The summed E-state index contributed by atoms with van der Waals surface area (Å²) < 4.78 is 0. The number of nitrogens with one attached hydrogen (secondary N) is 1. The summed E-state index contributed by atoms with van der Waals surface area (Å²) in [4.78, 5) is 29.0. The molecule has 0 radical (unpaired) electrons. The molecule has 0 aromatic heterocycles. The highest BCUT2D eigenvalue weighted by molar-refractivity contribution is 5.93. The van der Waals surface area contributed by atoms with Gasteiger partial charge in [-0.05, 0) is 43.5 Å². The Morgan fingerprint density at radius 2 is 1.66 bits per heavy atom. The van der Waals surface area contributed by atoms with Crippen LogP contribution in [0.3, 0.4) is 0 Å². The lowest BCUT2D eigenvalue weighted by Crippen LogP contribution is -2.52. The second kappa shape index (κ2) is 9.20. The highest BCUT2D eigenvalue weighted by Gasteiger charge is 2.26. The quantitative estimate of drug-likeness (QED) is 0.816. The predicted octanol–water partition coefficient (Wildman–Crippen LogP) is 2.39. The average molecular weight is 395 g/mol. The molecule has 3 rings (SSSR count). The second-order valence-electron chi connectivity index (χ2n) is 7.79. The van der Waals surface area contributed by atoms with Gasteiger partial charge in [0.1, 0.15) is 6.04 Å². The van der Waals surface area contributed by atoms with Crippen LogP contribution in [0.2, 0.25) is 0 Å². The number of benzene rings is 2. The number of piperazine rings is 1. The minimum absolute atomic E-state index is 0.0326. The SMILES string of the molecule is Cc1ccc(C(N)C(=O)N2CCN(CC(=O)Nc3cccc(C)c3C)CC2)cc1. The first-order valence-corrected chi connectivity index (χ1v) is 10.0. The van der Waals surface area contributed by atoms with E-state index in [1.807, 2.05) is 63.2 Å². The molecular formula is C23H30N4O2. The maximum absolute atomic E-state index is 12.7. The molecule has 154 valence electrons. The van der Waals surface area contributed by atoms with Gasteiger partial charge in [0, 0.05) is 31.9 Å². The van der Waals surface area contributed by atoms with Crippen LogP contribution in [0.25, 0.3) is 0 Å². The van der Waals surface area contributed by atoms with Gasteiger partial charge in [-0.25, -0.2) is 0 Å². The fraction of sp³-hybridized carbons (Fsp3) is 0.391. The highest BCUT2D eigenvalue weighted by atomic mass is 16.2. The summed E-state index contributed by atoms with van der Waals surface area (Å²) in [5.41, 5.74) is 11.2. The lowest BCUT2D eigenvalue weighted by Gasteiger charge is -2.35. The molecule has 3 N–H and O–H groups in total. The molecule has 2 amide bonds. The van der Waals surface area contributed by atoms with Crippen molar-refractivity contribution in [3.63, 3.8) is 0 Å². The number of hydrogen-bond donors (Lipinski definition) is 2. The van der Waals surface area contributed by atoms with Crippen LogP contribution >= 0.6 is 0 Å². The summed E-state index contributed by atoms with van der Waals surface area (Å²) in [6.45, 7) is 8.84. The van der Waals surface area contributed by atoms with Crippen molar-refractivity contribution in [1.29, 1.82) is 0 Å². The van der Waals surface area contributed by atoms with Gasteiger partial charge in [0.05, 0.1) is 6.54 Å². The number of aryl methyl sites for hydroxylation is 2. The molecule has 1 heterocycles. The lowest BCUT2D eigenvalue weighted by atomic mass is 10.0. The molecule has 0 bridgehead atoms. The van der Waals surface area contributed by atoms with Crippen LogP contribution < -0.4 is 11.1 Å². The first-order valence-electron chi connectivity index (χ1n) is 10.0. The van der Waals surface area contributed by atoms with Crippen molar-refractivity contribution in [1.82, 2.24) is 9.80 Å². The van der Waals surface area contributed by atoms with E-state index in [0.717, 1.165) is 27.9 Å². The van der Waals surface area contributed by atoms with Crippen molar-refractivity contribution >= 4 is 17.5 Å². The number of nitrogens with two attached hydrogens (primary N) is 1. The maximum Gasteiger partial charge on any atom is 0.244 e. The Morgan fingerprint density at radius 1 is 1.00 bits per heavy atom. The zero-order valence-corrected chi connectivity index (χ0v) is 17.4. The van der Waals surface area contributed by atoms with Gasteiger partial charge < -0.3 is 16.0 Å². The van der Waals surface area contributed by atoms with Gasteiger partial charge >= 0.3 is 0 Å². The molecule has 1 fully saturated rings. The summed E-state index contributed by atoms with van der Waals surface area (Å²) in [5.74, 6) is -0.0943.